The monoisotopic (exact) mass is 380 g/mol. The lowest BCUT2D eigenvalue weighted by atomic mass is 10.1. The number of rotatable bonds is 7. The highest BCUT2D eigenvalue weighted by Gasteiger charge is 2.24. The molecular weight excluding hydrogens is 360 g/mol. The van der Waals surface area contributed by atoms with Gasteiger partial charge in [-0.3, -0.25) is 4.79 Å². The molecule has 1 aliphatic rings. The number of hydrazone groups is 1. The number of anilines is 2. The van der Waals surface area contributed by atoms with Gasteiger partial charge in [-0.1, -0.05) is 29.5 Å². The van der Waals surface area contributed by atoms with Crippen molar-refractivity contribution in [1.29, 1.82) is 0 Å². The van der Waals surface area contributed by atoms with Gasteiger partial charge in [0.25, 0.3) is 5.91 Å². The molecule has 2 heterocycles. The lowest BCUT2D eigenvalue weighted by Gasteiger charge is -2.10. The molecule has 0 spiro atoms. The number of aromatic nitrogens is 1. The zero-order chi connectivity index (χ0) is 18.6. The third kappa shape index (κ3) is 4.09. The lowest BCUT2D eigenvalue weighted by Crippen LogP contribution is -2.19. The third-order valence-corrected chi connectivity index (χ3v) is 5.19. The Morgan fingerprint density at radius 2 is 2.00 bits per heavy atom. The van der Waals surface area contributed by atoms with Crippen molar-refractivity contribution >= 4 is 44.0 Å². The summed E-state index contributed by atoms with van der Waals surface area (Å²) in [5, 5.41) is 6.54. The Labute approximate surface area is 161 Å². The van der Waals surface area contributed by atoms with Gasteiger partial charge in [0.1, 0.15) is 5.75 Å². The number of para-hydroxylation sites is 1. The maximum atomic E-state index is 12.1. The van der Waals surface area contributed by atoms with Crippen LogP contribution in [-0.4, -0.2) is 23.2 Å². The topological polar surface area (TPSA) is 80.8 Å². The number of nitrogens with two attached hydrogens (primary N) is 1. The van der Waals surface area contributed by atoms with E-state index >= 15 is 0 Å². The molecule has 0 bridgehead atoms. The number of hydrogen-bond donors (Lipinski definition) is 1. The summed E-state index contributed by atoms with van der Waals surface area (Å²) in [5.41, 5.74) is 8.38. The Kier molecular flexibility index (Phi) is 5.02. The molecule has 138 valence electrons. The van der Waals surface area contributed by atoms with Crippen LogP contribution in [0.2, 0.25) is 0 Å². The van der Waals surface area contributed by atoms with Gasteiger partial charge in [-0.05, 0) is 49.6 Å². The molecule has 0 aliphatic carbocycles. The fourth-order valence-corrected chi connectivity index (χ4v) is 3.79. The van der Waals surface area contributed by atoms with Crippen LogP contribution in [0.1, 0.15) is 25.7 Å². The number of nitrogens with zero attached hydrogens (tertiary/aromatic N) is 3. The van der Waals surface area contributed by atoms with Crippen molar-refractivity contribution < 1.29 is 9.53 Å². The molecule has 0 atom stereocenters. The van der Waals surface area contributed by atoms with Crippen LogP contribution < -0.4 is 15.5 Å². The molecule has 4 rings (SSSR count). The average Bonchev–Trinajstić information content (AvgIpc) is 3.23. The molecule has 3 aromatic rings. The van der Waals surface area contributed by atoms with Gasteiger partial charge in [0.05, 0.1) is 28.9 Å². The number of ether oxygens (including phenoxy) is 1. The zero-order valence-corrected chi connectivity index (χ0v) is 15.6. The lowest BCUT2D eigenvalue weighted by molar-refractivity contribution is -0.116. The molecule has 2 aromatic carbocycles. The summed E-state index contributed by atoms with van der Waals surface area (Å²) in [6.45, 7) is 0.628. The van der Waals surface area contributed by atoms with Crippen molar-refractivity contribution in [2.24, 2.45) is 5.10 Å². The first-order chi connectivity index (χ1) is 13.2. The van der Waals surface area contributed by atoms with E-state index in [0.717, 1.165) is 46.6 Å². The molecule has 1 aliphatic heterocycles. The molecule has 6 nitrogen and oxygen atoms in total. The van der Waals surface area contributed by atoms with Crippen LogP contribution in [0, 0.1) is 0 Å². The number of unbranched alkanes of at least 4 members (excludes halogenated alkanes) is 1. The maximum Gasteiger partial charge on any atom is 0.253 e. The van der Waals surface area contributed by atoms with Crippen molar-refractivity contribution in [3.05, 3.63) is 48.5 Å². The average molecular weight is 380 g/mol. The highest BCUT2D eigenvalue weighted by atomic mass is 32.1. The third-order valence-electron chi connectivity index (χ3n) is 4.34. The van der Waals surface area contributed by atoms with Crippen molar-refractivity contribution in [3.63, 3.8) is 0 Å². The van der Waals surface area contributed by atoms with E-state index in [2.05, 4.69) is 10.1 Å². The summed E-state index contributed by atoms with van der Waals surface area (Å²) in [6, 6.07) is 15.3. The standard InChI is InChI=1S/C20H20N4O2S/c21-20-22-17-10-9-16(13-18(17)27-20)26-11-5-4-6-14-12-19(25)24(23-14)15-7-2-1-3-8-15/h1-3,7-10,13H,4-6,11-12H2,(H2,21,22). The maximum absolute atomic E-state index is 12.1. The van der Waals surface area contributed by atoms with E-state index in [1.54, 1.807) is 0 Å². The van der Waals surface area contributed by atoms with Gasteiger partial charge >= 0.3 is 0 Å². The summed E-state index contributed by atoms with van der Waals surface area (Å²) in [7, 11) is 0. The van der Waals surface area contributed by atoms with Gasteiger partial charge in [0.15, 0.2) is 5.13 Å². The summed E-state index contributed by atoms with van der Waals surface area (Å²) in [6.07, 6.45) is 3.05. The molecule has 0 fully saturated rings. The molecule has 0 saturated carbocycles. The molecular formula is C20H20N4O2S. The van der Waals surface area contributed by atoms with Crippen molar-refractivity contribution in [1.82, 2.24) is 4.98 Å². The summed E-state index contributed by atoms with van der Waals surface area (Å²) < 4.78 is 6.85. The normalized spacial score (nSPS) is 14.0. The van der Waals surface area contributed by atoms with Crippen LogP contribution in [0.25, 0.3) is 10.2 Å². The molecule has 1 aromatic heterocycles. The molecule has 7 heteroatoms. The molecule has 0 saturated heterocycles. The van der Waals surface area contributed by atoms with Crippen molar-refractivity contribution in [3.8, 4) is 5.75 Å². The second kappa shape index (κ2) is 7.75. The van der Waals surface area contributed by atoms with Gasteiger partial charge in [-0.2, -0.15) is 5.10 Å². The van der Waals surface area contributed by atoms with Gasteiger partial charge in [-0.25, -0.2) is 9.99 Å². The number of thiazole rings is 1. The van der Waals surface area contributed by atoms with E-state index < -0.39 is 0 Å². The van der Waals surface area contributed by atoms with Crippen LogP contribution in [0.3, 0.4) is 0 Å². The first-order valence-electron chi connectivity index (χ1n) is 8.92. The number of amides is 1. The van der Waals surface area contributed by atoms with Gasteiger partial charge < -0.3 is 10.5 Å². The van der Waals surface area contributed by atoms with E-state index in [1.807, 2.05) is 48.5 Å². The van der Waals surface area contributed by atoms with Crippen LogP contribution in [-0.2, 0) is 4.79 Å². The van der Waals surface area contributed by atoms with E-state index in [4.69, 9.17) is 10.5 Å². The first-order valence-corrected chi connectivity index (χ1v) is 9.74. The first kappa shape index (κ1) is 17.5. The number of carbonyl (C=O) groups is 1. The van der Waals surface area contributed by atoms with Crippen LogP contribution in [0.5, 0.6) is 5.75 Å². The van der Waals surface area contributed by atoms with E-state index in [-0.39, 0.29) is 5.91 Å². The highest BCUT2D eigenvalue weighted by molar-refractivity contribution is 7.22. The fourth-order valence-electron chi connectivity index (χ4n) is 3.02. The van der Waals surface area contributed by atoms with Crippen LogP contribution >= 0.6 is 11.3 Å². The summed E-state index contributed by atoms with van der Waals surface area (Å²) >= 11 is 1.46. The molecule has 0 radical (unpaired) electrons. The zero-order valence-electron chi connectivity index (χ0n) is 14.8. The van der Waals surface area contributed by atoms with Crippen molar-refractivity contribution in [2.75, 3.05) is 17.3 Å². The smallest absolute Gasteiger partial charge is 0.253 e. The Morgan fingerprint density at radius 1 is 1.15 bits per heavy atom. The fraction of sp³-hybridized carbons (Fsp3) is 0.250. The Bertz CT molecular complexity index is 984. The minimum Gasteiger partial charge on any atom is -0.494 e. The van der Waals surface area contributed by atoms with Crippen LogP contribution in [0.15, 0.2) is 53.6 Å². The Morgan fingerprint density at radius 3 is 2.85 bits per heavy atom. The number of nitrogen functional groups attached to an aromatic ring is 1. The van der Waals surface area contributed by atoms with Gasteiger partial charge in [-0.15, -0.1) is 0 Å². The molecule has 0 unspecified atom stereocenters. The number of benzene rings is 2. The van der Waals surface area contributed by atoms with Crippen LogP contribution in [0.4, 0.5) is 10.8 Å². The highest BCUT2D eigenvalue weighted by Crippen LogP contribution is 2.27. The molecule has 2 N–H and O–H groups in total. The molecule has 1 amide bonds. The molecule has 27 heavy (non-hydrogen) atoms. The Balaban J connectivity index is 1.24. The number of hydrogen-bond acceptors (Lipinski definition) is 6. The predicted molar refractivity (Wildman–Crippen MR) is 109 cm³/mol. The van der Waals surface area contributed by atoms with E-state index in [9.17, 15) is 4.79 Å². The largest absolute Gasteiger partial charge is 0.494 e. The second-order valence-electron chi connectivity index (χ2n) is 6.37. The Hall–Kier alpha value is -2.93. The predicted octanol–water partition coefficient (Wildman–Crippen LogP) is 4.22. The quantitative estimate of drug-likeness (QED) is 0.622. The minimum absolute atomic E-state index is 0.0320. The van der Waals surface area contributed by atoms with Gasteiger partial charge in [0.2, 0.25) is 0 Å². The van der Waals surface area contributed by atoms with Crippen molar-refractivity contribution in [2.45, 2.75) is 25.7 Å². The number of fused-ring (bicyclic) bond motifs is 1. The summed E-state index contributed by atoms with van der Waals surface area (Å²) in [4.78, 5) is 16.4. The van der Waals surface area contributed by atoms with E-state index in [1.165, 1.54) is 16.3 Å². The van der Waals surface area contributed by atoms with E-state index in [0.29, 0.717) is 18.2 Å². The SMILES string of the molecule is Nc1nc2ccc(OCCCCC3=NN(c4ccccc4)C(=O)C3)cc2s1. The van der Waals surface area contributed by atoms with Gasteiger partial charge in [0, 0.05) is 5.71 Å². The summed E-state index contributed by atoms with van der Waals surface area (Å²) in [5.74, 6) is 0.861. The number of carbonyl (C=O) groups excluding carboxylic acids is 1. The minimum atomic E-state index is 0.0320. The second-order valence-corrected chi connectivity index (χ2v) is 7.43.